The van der Waals surface area contributed by atoms with Gasteiger partial charge in [0.1, 0.15) is 0 Å². The number of carbonyl (C=O) groups is 1. The highest BCUT2D eigenvalue weighted by Crippen LogP contribution is 2.16. The minimum absolute atomic E-state index is 0.0329. The van der Waals surface area contributed by atoms with Crippen LogP contribution < -0.4 is 5.32 Å². The predicted molar refractivity (Wildman–Crippen MR) is 62.3 cm³/mol. The van der Waals surface area contributed by atoms with Crippen molar-refractivity contribution in [2.75, 3.05) is 19.6 Å². The quantitative estimate of drug-likeness (QED) is 0.785. The molecule has 4 heteroatoms. The molecular weight excluding hydrogens is 208 g/mol. The SMILES string of the molecule is CC1(C)CN(C(=O)c2cccs2)CCN1. The van der Waals surface area contributed by atoms with Crippen molar-refractivity contribution in [2.24, 2.45) is 0 Å². The van der Waals surface area contributed by atoms with E-state index in [1.807, 2.05) is 22.4 Å². The van der Waals surface area contributed by atoms with Gasteiger partial charge in [0.25, 0.3) is 5.91 Å². The van der Waals surface area contributed by atoms with Crippen LogP contribution in [0.15, 0.2) is 17.5 Å². The molecule has 82 valence electrons. The van der Waals surface area contributed by atoms with Crippen molar-refractivity contribution in [1.29, 1.82) is 0 Å². The van der Waals surface area contributed by atoms with Gasteiger partial charge in [0.15, 0.2) is 0 Å². The molecule has 2 rings (SSSR count). The van der Waals surface area contributed by atoms with Crippen LogP contribution in [0.4, 0.5) is 0 Å². The predicted octanol–water partition coefficient (Wildman–Crippen LogP) is 1.57. The van der Waals surface area contributed by atoms with Crippen LogP contribution in [0.5, 0.6) is 0 Å². The number of rotatable bonds is 1. The largest absolute Gasteiger partial charge is 0.335 e. The second kappa shape index (κ2) is 3.94. The molecule has 0 bridgehead atoms. The summed E-state index contributed by atoms with van der Waals surface area (Å²) in [6, 6.07) is 3.81. The van der Waals surface area contributed by atoms with Crippen LogP contribution in [0.3, 0.4) is 0 Å². The van der Waals surface area contributed by atoms with Crippen molar-refractivity contribution in [1.82, 2.24) is 10.2 Å². The standard InChI is InChI=1S/C11H16N2OS/c1-11(2)8-13(6-5-12-11)10(14)9-4-3-7-15-9/h3-4,7,12H,5-6,8H2,1-2H3. The maximum absolute atomic E-state index is 12.1. The number of amides is 1. The molecule has 1 aromatic heterocycles. The summed E-state index contributed by atoms with van der Waals surface area (Å²) in [6.07, 6.45) is 0. The minimum Gasteiger partial charge on any atom is -0.335 e. The van der Waals surface area contributed by atoms with Crippen LogP contribution in [0, 0.1) is 0 Å². The maximum atomic E-state index is 12.1. The summed E-state index contributed by atoms with van der Waals surface area (Å²) in [5.74, 6) is 0.166. The Labute approximate surface area is 94.1 Å². The van der Waals surface area contributed by atoms with E-state index in [0.29, 0.717) is 0 Å². The third-order valence-corrected chi connectivity index (χ3v) is 3.45. The van der Waals surface area contributed by atoms with Crippen LogP contribution in [-0.4, -0.2) is 36.0 Å². The van der Waals surface area contributed by atoms with Gasteiger partial charge in [-0.1, -0.05) is 6.07 Å². The van der Waals surface area contributed by atoms with Crippen molar-refractivity contribution in [2.45, 2.75) is 19.4 Å². The molecule has 0 aromatic carbocycles. The molecule has 0 radical (unpaired) electrons. The number of nitrogens with one attached hydrogen (secondary N) is 1. The van der Waals surface area contributed by atoms with Gasteiger partial charge in [0, 0.05) is 25.2 Å². The lowest BCUT2D eigenvalue weighted by Gasteiger charge is -2.38. The molecule has 1 fully saturated rings. The third kappa shape index (κ3) is 2.38. The van der Waals surface area contributed by atoms with Gasteiger partial charge >= 0.3 is 0 Å². The van der Waals surface area contributed by atoms with Crippen LogP contribution >= 0.6 is 11.3 Å². The summed E-state index contributed by atoms with van der Waals surface area (Å²) in [5, 5.41) is 5.34. The van der Waals surface area contributed by atoms with E-state index >= 15 is 0 Å². The average molecular weight is 224 g/mol. The molecule has 1 aliphatic heterocycles. The zero-order chi connectivity index (χ0) is 10.9. The molecule has 1 aromatic rings. The molecule has 0 unspecified atom stereocenters. The molecule has 1 aliphatic rings. The minimum atomic E-state index is 0.0329. The fraction of sp³-hybridized carbons (Fsp3) is 0.545. The van der Waals surface area contributed by atoms with Crippen molar-refractivity contribution < 1.29 is 4.79 Å². The Hall–Kier alpha value is -0.870. The molecule has 1 saturated heterocycles. The summed E-state index contributed by atoms with van der Waals surface area (Å²) in [6.45, 7) is 6.72. The maximum Gasteiger partial charge on any atom is 0.264 e. The topological polar surface area (TPSA) is 32.3 Å². The normalized spacial score (nSPS) is 20.3. The number of thiophene rings is 1. The Kier molecular flexibility index (Phi) is 2.80. The van der Waals surface area contributed by atoms with Gasteiger partial charge in [-0.2, -0.15) is 0 Å². The Balaban J connectivity index is 2.08. The lowest BCUT2D eigenvalue weighted by molar-refractivity contribution is 0.0657. The van der Waals surface area contributed by atoms with E-state index in [1.165, 1.54) is 11.3 Å². The fourth-order valence-corrected chi connectivity index (χ4v) is 2.56. The number of nitrogens with zero attached hydrogens (tertiary/aromatic N) is 1. The number of piperazine rings is 1. The molecule has 3 nitrogen and oxygen atoms in total. The Morgan fingerprint density at radius 2 is 2.40 bits per heavy atom. The third-order valence-electron chi connectivity index (χ3n) is 2.59. The van der Waals surface area contributed by atoms with Crippen LogP contribution in [0.1, 0.15) is 23.5 Å². The van der Waals surface area contributed by atoms with E-state index in [-0.39, 0.29) is 11.4 Å². The molecule has 15 heavy (non-hydrogen) atoms. The summed E-state index contributed by atoms with van der Waals surface area (Å²) >= 11 is 1.51. The second-order valence-electron chi connectivity index (χ2n) is 4.51. The average Bonchev–Trinajstić information content (AvgIpc) is 2.67. The lowest BCUT2D eigenvalue weighted by atomic mass is 10.0. The van der Waals surface area contributed by atoms with Crippen molar-refractivity contribution in [3.63, 3.8) is 0 Å². The lowest BCUT2D eigenvalue weighted by Crippen LogP contribution is -2.58. The van der Waals surface area contributed by atoms with Gasteiger partial charge in [-0.15, -0.1) is 11.3 Å². The Morgan fingerprint density at radius 1 is 1.60 bits per heavy atom. The molecule has 1 N–H and O–H groups in total. The van der Waals surface area contributed by atoms with E-state index < -0.39 is 0 Å². The first-order valence-electron chi connectivity index (χ1n) is 5.16. The number of carbonyl (C=O) groups excluding carboxylic acids is 1. The van der Waals surface area contributed by atoms with E-state index in [4.69, 9.17) is 0 Å². The monoisotopic (exact) mass is 224 g/mol. The highest BCUT2D eigenvalue weighted by atomic mass is 32.1. The zero-order valence-electron chi connectivity index (χ0n) is 9.12. The van der Waals surface area contributed by atoms with E-state index in [9.17, 15) is 4.79 Å². The summed E-state index contributed by atoms with van der Waals surface area (Å²) in [4.78, 5) is 14.8. The molecule has 1 amide bonds. The molecule has 0 atom stereocenters. The molecule has 0 saturated carbocycles. The van der Waals surface area contributed by atoms with Crippen LogP contribution in [0.2, 0.25) is 0 Å². The molecular formula is C11H16N2OS. The molecule has 0 spiro atoms. The number of hydrogen-bond donors (Lipinski definition) is 1. The van der Waals surface area contributed by atoms with Crippen molar-refractivity contribution in [3.8, 4) is 0 Å². The van der Waals surface area contributed by atoms with E-state index in [2.05, 4.69) is 19.2 Å². The fourth-order valence-electron chi connectivity index (χ4n) is 1.87. The first kappa shape index (κ1) is 10.6. The Bertz CT molecular complexity index is 345. The van der Waals surface area contributed by atoms with Gasteiger partial charge < -0.3 is 10.2 Å². The van der Waals surface area contributed by atoms with Gasteiger partial charge in [-0.25, -0.2) is 0 Å². The van der Waals surface area contributed by atoms with Crippen molar-refractivity contribution >= 4 is 17.2 Å². The van der Waals surface area contributed by atoms with Crippen molar-refractivity contribution in [3.05, 3.63) is 22.4 Å². The Morgan fingerprint density at radius 3 is 3.00 bits per heavy atom. The van der Waals surface area contributed by atoms with Crippen LogP contribution in [-0.2, 0) is 0 Å². The van der Waals surface area contributed by atoms with E-state index in [1.54, 1.807) is 0 Å². The highest BCUT2D eigenvalue weighted by molar-refractivity contribution is 7.12. The van der Waals surface area contributed by atoms with Gasteiger partial charge in [0.05, 0.1) is 4.88 Å². The highest BCUT2D eigenvalue weighted by Gasteiger charge is 2.29. The smallest absolute Gasteiger partial charge is 0.264 e. The van der Waals surface area contributed by atoms with Gasteiger partial charge in [-0.3, -0.25) is 4.79 Å². The first-order valence-corrected chi connectivity index (χ1v) is 6.04. The van der Waals surface area contributed by atoms with Gasteiger partial charge in [0.2, 0.25) is 0 Å². The number of hydrogen-bond acceptors (Lipinski definition) is 3. The van der Waals surface area contributed by atoms with Crippen LogP contribution in [0.25, 0.3) is 0 Å². The molecule has 0 aliphatic carbocycles. The first-order chi connectivity index (χ1) is 7.08. The second-order valence-corrected chi connectivity index (χ2v) is 5.46. The molecule has 2 heterocycles. The van der Waals surface area contributed by atoms with E-state index in [0.717, 1.165) is 24.5 Å². The van der Waals surface area contributed by atoms with Gasteiger partial charge in [-0.05, 0) is 25.3 Å². The zero-order valence-corrected chi connectivity index (χ0v) is 9.93. The summed E-state index contributed by atoms with van der Waals surface area (Å²) in [7, 11) is 0. The summed E-state index contributed by atoms with van der Waals surface area (Å²) in [5.41, 5.74) is 0.0329. The summed E-state index contributed by atoms with van der Waals surface area (Å²) < 4.78 is 0.